The van der Waals surface area contributed by atoms with Crippen LogP contribution in [0.4, 0.5) is 0 Å². The maximum absolute atomic E-state index is 11.6. The molecule has 2 heteroatoms. The first-order chi connectivity index (χ1) is 6.29. The standard InChI is InChI=1S/C11H14NO/c1-12-8-4-5-9-10(12)6-2-3-7-11(9)13/h4-5,8H,2-3,6-7H2,1H3/q+1. The van der Waals surface area contributed by atoms with Crippen LogP contribution in [0.3, 0.4) is 0 Å². The fourth-order valence-corrected chi connectivity index (χ4v) is 1.92. The quantitative estimate of drug-likeness (QED) is 0.432. The summed E-state index contributed by atoms with van der Waals surface area (Å²) in [4.78, 5) is 11.6. The van der Waals surface area contributed by atoms with Crippen LogP contribution >= 0.6 is 0 Å². The highest BCUT2D eigenvalue weighted by molar-refractivity contribution is 5.96. The summed E-state index contributed by atoms with van der Waals surface area (Å²) in [5.74, 6) is 0.309. The minimum absolute atomic E-state index is 0.309. The third kappa shape index (κ3) is 1.48. The zero-order valence-electron chi connectivity index (χ0n) is 7.92. The van der Waals surface area contributed by atoms with Gasteiger partial charge in [0.1, 0.15) is 7.05 Å². The molecule has 0 bridgehead atoms. The van der Waals surface area contributed by atoms with Crippen molar-refractivity contribution < 1.29 is 9.36 Å². The summed E-state index contributed by atoms with van der Waals surface area (Å²) in [6.45, 7) is 0. The molecule has 1 aliphatic carbocycles. The molecular formula is C11H14NO+. The molecule has 0 aromatic carbocycles. The molecular weight excluding hydrogens is 162 g/mol. The molecule has 13 heavy (non-hydrogen) atoms. The Morgan fingerprint density at radius 3 is 2.92 bits per heavy atom. The number of rotatable bonds is 0. The number of carbonyl (C=O) groups is 1. The lowest BCUT2D eigenvalue weighted by atomic mass is 10.1. The molecule has 0 radical (unpaired) electrons. The monoisotopic (exact) mass is 176 g/mol. The van der Waals surface area contributed by atoms with E-state index < -0.39 is 0 Å². The smallest absolute Gasteiger partial charge is 0.191 e. The predicted octanol–water partition coefficient (Wildman–Crippen LogP) is 1.42. The van der Waals surface area contributed by atoms with Gasteiger partial charge < -0.3 is 0 Å². The summed E-state index contributed by atoms with van der Waals surface area (Å²) < 4.78 is 2.07. The summed E-state index contributed by atoms with van der Waals surface area (Å²) in [6, 6.07) is 3.89. The van der Waals surface area contributed by atoms with Gasteiger partial charge in [-0.25, -0.2) is 4.57 Å². The Hall–Kier alpha value is -1.18. The van der Waals surface area contributed by atoms with E-state index in [0.717, 1.165) is 31.2 Å². The summed E-state index contributed by atoms with van der Waals surface area (Å²) in [5.41, 5.74) is 2.13. The molecule has 1 heterocycles. The Balaban J connectivity index is 2.54. The number of hydrogen-bond donors (Lipinski definition) is 0. The number of fused-ring (bicyclic) bond motifs is 1. The number of Topliss-reactive ketones (excluding diaryl/α,β-unsaturated/α-hetero) is 1. The maximum Gasteiger partial charge on any atom is 0.191 e. The average Bonchev–Trinajstić information content (AvgIpc) is 2.30. The van der Waals surface area contributed by atoms with E-state index in [1.807, 2.05) is 25.4 Å². The molecule has 0 unspecified atom stereocenters. The third-order valence-corrected chi connectivity index (χ3v) is 2.68. The Morgan fingerprint density at radius 1 is 1.31 bits per heavy atom. The molecule has 1 aliphatic rings. The molecule has 0 spiro atoms. The second-order valence-electron chi connectivity index (χ2n) is 3.61. The molecule has 0 amide bonds. The second kappa shape index (κ2) is 3.29. The zero-order chi connectivity index (χ0) is 9.26. The molecule has 0 N–H and O–H groups in total. The normalized spacial score (nSPS) is 16.5. The lowest BCUT2D eigenvalue weighted by Gasteiger charge is -2.00. The summed E-state index contributed by atoms with van der Waals surface area (Å²) >= 11 is 0. The first kappa shape index (κ1) is 8.42. The van der Waals surface area contributed by atoms with E-state index in [1.54, 1.807) is 0 Å². The maximum atomic E-state index is 11.6. The number of pyridine rings is 1. The summed E-state index contributed by atoms with van der Waals surface area (Å²) in [6.07, 6.45) is 5.94. The van der Waals surface area contributed by atoms with Crippen molar-refractivity contribution in [3.05, 3.63) is 29.6 Å². The van der Waals surface area contributed by atoms with Crippen LogP contribution in [0.2, 0.25) is 0 Å². The van der Waals surface area contributed by atoms with Crippen molar-refractivity contribution in [3.8, 4) is 0 Å². The predicted molar refractivity (Wildman–Crippen MR) is 49.5 cm³/mol. The van der Waals surface area contributed by atoms with E-state index in [-0.39, 0.29) is 0 Å². The molecule has 0 atom stereocenters. The van der Waals surface area contributed by atoms with E-state index in [2.05, 4.69) is 4.57 Å². The van der Waals surface area contributed by atoms with E-state index in [1.165, 1.54) is 5.69 Å². The minimum Gasteiger partial charge on any atom is -0.294 e. The Kier molecular flexibility index (Phi) is 2.13. The van der Waals surface area contributed by atoms with Crippen molar-refractivity contribution in [2.75, 3.05) is 0 Å². The lowest BCUT2D eigenvalue weighted by molar-refractivity contribution is -0.679. The Morgan fingerprint density at radius 2 is 2.08 bits per heavy atom. The topological polar surface area (TPSA) is 20.9 Å². The van der Waals surface area contributed by atoms with Crippen LogP contribution in [0.25, 0.3) is 0 Å². The van der Waals surface area contributed by atoms with Gasteiger partial charge in [-0.2, -0.15) is 0 Å². The third-order valence-electron chi connectivity index (χ3n) is 2.68. The molecule has 0 saturated carbocycles. The molecule has 2 rings (SSSR count). The molecule has 2 nitrogen and oxygen atoms in total. The van der Waals surface area contributed by atoms with Crippen molar-refractivity contribution in [3.63, 3.8) is 0 Å². The molecule has 68 valence electrons. The largest absolute Gasteiger partial charge is 0.294 e. The Labute approximate surface area is 78.2 Å². The minimum atomic E-state index is 0.309. The van der Waals surface area contributed by atoms with Gasteiger partial charge in [-0.05, 0) is 18.9 Å². The SMILES string of the molecule is C[n+]1cccc2c1CCCCC2=O. The van der Waals surface area contributed by atoms with Gasteiger partial charge in [0.15, 0.2) is 17.7 Å². The molecule has 1 aromatic rings. The van der Waals surface area contributed by atoms with Gasteiger partial charge in [0.25, 0.3) is 0 Å². The van der Waals surface area contributed by atoms with Crippen LogP contribution in [0.15, 0.2) is 18.3 Å². The van der Waals surface area contributed by atoms with Gasteiger partial charge in [0.05, 0.1) is 5.56 Å². The fourth-order valence-electron chi connectivity index (χ4n) is 1.92. The Bertz CT molecular complexity index is 344. The number of nitrogens with zero attached hydrogens (tertiary/aromatic N) is 1. The highest BCUT2D eigenvalue weighted by atomic mass is 16.1. The fraction of sp³-hybridized carbons (Fsp3) is 0.455. The number of carbonyl (C=O) groups excluding carboxylic acids is 1. The van der Waals surface area contributed by atoms with Crippen LogP contribution < -0.4 is 4.57 Å². The highest BCUT2D eigenvalue weighted by Gasteiger charge is 2.21. The van der Waals surface area contributed by atoms with Crippen molar-refractivity contribution in [2.24, 2.45) is 7.05 Å². The lowest BCUT2D eigenvalue weighted by Crippen LogP contribution is -2.34. The summed E-state index contributed by atoms with van der Waals surface area (Å²) in [7, 11) is 2.01. The van der Waals surface area contributed by atoms with Gasteiger partial charge >= 0.3 is 0 Å². The van der Waals surface area contributed by atoms with Gasteiger partial charge in [0.2, 0.25) is 0 Å². The average molecular weight is 176 g/mol. The summed E-state index contributed by atoms with van der Waals surface area (Å²) in [5, 5.41) is 0. The van der Waals surface area contributed by atoms with Crippen LogP contribution in [0.1, 0.15) is 35.3 Å². The van der Waals surface area contributed by atoms with Crippen molar-refractivity contribution in [1.82, 2.24) is 0 Å². The first-order valence-electron chi connectivity index (χ1n) is 4.80. The van der Waals surface area contributed by atoms with E-state index in [4.69, 9.17) is 0 Å². The van der Waals surface area contributed by atoms with Crippen LogP contribution in [-0.4, -0.2) is 5.78 Å². The van der Waals surface area contributed by atoms with Gasteiger partial charge in [-0.3, -0.25) is 4.79 Å². The number of aryl methyl sites for hydroxylation is 1. The second-order valence-corrected chi connectivity index (χ2v) is 3.61. The van der Waals surface area contributed by atoms with Crippen molar-refractivity contribution in [2.45, 2.75) is 25.7 Å². The van der Waals surface area contributed by atoms with Crippen molar-refractivity contribution in [1.29, 1.82) is 0 Å². The molecule has 1 aromatic heterocycles. The van der Waals surface area contributed by atoms with E-state index >= 15 is 0 Å². The van der Waals surface area contributed by atoms with Crippen LogP contribution in [0.5, 0.6) is 0 Å². The highest BCUT2D eigenvalue weighted by Crippen LogP contribution is 2.16. The van der Waals surface area contributed by atoms with Crippen LogP contribution in [-0.2, 0) is 13.5 Å². The van der Waals surface area contributed by atoms with Gasteiger partial charge in [-0.15, -0.1) is 0 Å². The van der Waals surface area contributed by atoms with Gasteiger partial charge in [0, 0.05) is 18.9 Å². The molecule has 0 fully saturated rings. The van der Waals surface area contributed by atoms with Gasteiger partial charge in [-0.1, -0.05) is 0 Å². The van der Waals surface area contributed by atoms with E-state index in [0.29, 0.717) is 5.78 Å². The first-order valence-corrected chi connectivity index (χ1v) is 4.80. The zero-order valence-corrected chi connectivity index (χ0v) is 7.92. The van der Waals surface area contributed by atoms with Crippen LogP contribution in [0, 0.1) is 0 Å². The number of aromatic nitrogens is 1. The number of ketones is 1. The molecule has 0 aliphatic heterocycles. The van der Waals surface area contributed by atoms with E-state index in [9.17, 15) is 4.79 Å². The van der Waals surface area contributed by atoms with Crippen molar-refractivity contribution >= 4 is 5.78 Å². The molecule has 0 saturated heterocycles. The number of hydrogen-bond acceptors (Lipinski definition) is 1.